The summed E-state index contributed by atoms with van der Waals surface area (Å²) in [7, 11) is 0. The summed E-state index contributed by atoms with van der Waals surface area (Å²) in [4.78, 5) is 4.67. The van der Waals surface area contributed by atoms with Gasteiger partial charge in [-0.2, -0.15) is 0 Å². The molecule has 1 aliphatic heterocycles. The Morgan fingerprint density at radius 1 is 0.769 bits per heavy atom. The number of benzene rings is 4. The van der Waals surface area contributed by atoms with Gasteiger partial charge < -0.3 is 13.7 Å². The summed E-state index contributed by atoms with van der Waals surface area (Å²) in [5.74, 6) is 1.75. The first-order valence-electron chi connectivity index (χ1n) is 13.3. The largest absolute Gasteiger partial charge is 0.355 e. The van der Waals surface area contributed by atoms with E-state index in [1.54, 1.807) is 0 Å². The molecule has 5 heterocycles. The second kappa shape index (κ2) is 7.91. The van der Waals surface area contributed by atoms with Crippen molar-refractivity contribution in [2.45, 2.75) is 19.4 Å². The maximum atomic E-state index is 6.00. The van der Waals surface area contributed by atoms with E-state index in [-0.39, 0.29) is 0 Å². The minimum Gasteiger partial charge on any atom is -0.355 e. The minimum absolute atomic E-state index is 0.805. The molecular formula is C33H22N4OS. The second-order valence-corrected chi connectivity index (χ2v) is 11.3. The molecule has 1 aliphatic rings. The number of rotatable bonds is 2. The Morgan fingerprint density at radius 3 is 2.33 bits per heavy atom. The molecule has 0 radical (unpaired) electrons. The van der Waals surface area contributed by atoms with Gasteiger partial charge in [0.05, 0.1) is 22.3 Å². The van der Waals surface area contributed by atoms with Crippen LogP contribution >= 0.6 is 11.3 Å². The van der Waals surface area contributed by atoms with Crippen molar-refractivity contribution in [2.24, 2.45) is 0 Å². The number of aromatic nitrogens is 4. The standard InChI is InChI=1S/C33H22N4OS/c1-3-9-27-22(6-1)23-7-2-4-10-28(23)37(27)21-12-14-30-25(19-21)24-18-20(11-13-29(24)39-30)32-31-26(35-38-32)8-5-16-36-17-15-34-33(31)36/h1-4,6-7,9-15,17-19H,5,8,16H2. The van der Waals surface area contributed by atoms with Gasteiger partial charge in [-0.15, -0.1) is 11.3 Å². The predicted molar refractivity (Wildman–Crippen MR) is 159 cm³/mol. The van der Waals surface area contributed by atoms with Crippen LogP contribution in [0.1, 0.15) is 12.1 Å². The van der Waals surface area contributed by atoms with Crippen molar-refractivity contribution in [1.29, 1.82) is 0 Å². The lowest BCUT2D eigenvalue weighted by Gasteiger charge is -2.08. The van der Waals surface area contributed by atoms with E-state index in [0.29, 0.717) is 0 Å². The first-order chi connectivity index (χ1) is 19.3. The van der Waals surface area contributed by atoms with Gasteiger partial charge in [0, 0.05) is 61.1 Å². The maximum Gasteiger partial charge on any atom is 0.178 e. The number of imidazole rings is 1. The average Bonchev–Trinajstić information content (AvgIpc) is 3.74. The summed E-state index contributed by atoms with van der Waals surface area (Å²) in [6.45, 7) is 0.949. The zero-order valence-electron chi connectivity index (χ0n) is 21.0. The third-order valence-electron chi connectivity index (χ3n) is 8.07. The lowest BCUT2D eigenvalue weighted by Crippen LogP contribution is -1.96. The van der Waals surface area contributed by atoms with Crippen molar-refractivity contribution in [3.8, 4) is 28.4 Å². The highest BCUT2D eigenvalue weighted by molar-refractivity contribution is 7.25. The normalized spacial score (nSPS) is 13.3. The van der Waals surface area contributed by atoms with Crippen LogP contribution in [0.25, 0.3) is 70.4 Å². The zero-order chi connectivity index (χ0) is 25.5. The third-order valence-corrected chi connectivity index (χ3v) is 9.22. The van der Waals surface area contributed by atoms with Crippen LogP contribution in [-0.2, 0) is 13.0 Å². The number of aryl methyl sites for hydroxylation is 2. The summed E-state index contributed by atoms with van der Waals surface area (Å²) < 4.78 is 13.1. The van der Waals surface area contributed by atoms with Gasteiger partial charge in [0.15, 0.2) is 5.76 Å². The van der Waals surface area contributed by atoms with E-state index in [9.17, 15) is 0 Å². The highest BCUT2D eigenvalue weighted by Gasteiger charge is 2.25. The van der Waals surface area contributed by atoms with E-state index < -0.39 is 0 Å². The van der Waals surface area contributed by atoms with Crippen LogP contribution in [0.4, 0.5) is 0 Å². The molecule has 0 fully saturated rings. The van der Waals surface area contributed by atoms with Gasteiger partial charge in [-0.25, -0.2) is 4.98 Å². The number of hydrogen-bond donors (Lipinski definition) is 0. The lowest BCUT2D eigenvalue weighted by molar-refractivity contribution is 0.421. The molecular weight excluding hydrogens is 500 g/mol. The molecule has 0 spiro atoms. The van der Waals surface area contributed by atoms with Crippen LogP contribution in [0.15, 0.2) is 102 Å². The summed E-state index contributed by atoms with van der Waals surface area (Å²) >= 11 is 1.83. The fraction of sp³-hybridized carbons (Fsp3) is 0.0909. The molecule has 0 saturated carbocycles. The topological polar surface area (TPSA) is 48.8 Å². The smallest absolute Gasteiger partial charge is 0.178 e. The van der Waals surface area contributed by atoms with Crippen molar-refractivity contribution < 1.29 is 4.52 Å². The molecule has 0 unspecified atom stereocenters. The fourth-order valence-electron chi connectivity index (χ4n) is 6.30. The molecule has 0 bridgehead atoms. The van der Waals surface area contributed by atoms with Crippen LogP contribution in [0, 0.1) is 0 Å². The Hall–Kier alpha value is -4.68. The van der Waals surface area contributed by atoms with Gasteiger partial charge >= 0.3 is 0 Å². The van der Waals surface area contributed by atoms with Crippen molar-refractivity contribution in [3.63, 3.8) is 0 Å². The van der Waals surface area contributed by atoms with Crippen molar-refractivity contribution in [2.75, 3.05) is 0 Å². The van der Waals surface area contributed by atoms with Crippen LogP contribution in [0.5, 0.6) is 0 Å². The molecule has 9 rings (SSSR count). The number of nitrogens with zero attached hydrogens (tertiary/aromatic N) is 4. The Bertz CT molecular complexity index is 2170. The Balaban J connectivity index is 1.27. The first-order valence-corrected chi connectivity index (χ1v) is 14.1. The van der Waals surface area contributed by atoms with Crippen molar-refractivity contribution in [1.82, 2.24) is 19.3 Å². The molecule has 0 amide bonds. The molecule has 4 aromatic heterocycles. The molecule has 0 saturated heterocycles. The highest BCUT2D eigenvalue weighted by Crippen LogP contribution is 2.42. The molecule has 186 valence electrons. The molecule has 4 aromatic carbocycles. The van der Waals surface area contributed by atoms with E-state index in [0.717, 1.165) is 47.8 Å². The summed E-state index contributed by atoms with van der Waals surface area (Å²) in [5, 5.41) is 9.51. The third kappa shape index (κ3) is 3.00. The van der Waals surface area contributed by atoms with E-state index in [1.807, 2.05) is 23.7 Å². The van der Waals surface area contributed by atoms with Gasteiger partial charge in [-0.1, -0.05) is 41.6 Å². The van der Waals surface area contributed by atoms with Gasteiger partial charge in [-0.3, -0.25) is 0 Å². The van der Waals surface area contributed by atoms with E-state index in [2.05, 4.69) is 104 Å². The van der Waals surface area contributed by atoms with Gasteiger partial charge in [0.2, 0.25) is 0 Å². The first kappa shape index (κ1) is 21.3. The van der Waals surface area contributed by atoms with Crippen molar-refractivity contribution in [3.05, 3.63) is 103 Å². The highest BCUT2D eigenvalue weighted by atomic mass is 32.1. The molecule has 0 atom stereocenters. The Kier molecular flexibility index (Phi) is 4.32. The van der Waals surface area contributed by atoms with E-state index in [4.69, 9.17) is 4.52 Å². The van der Waals surface area contributed by atoms with Crippen LogP contribution in [0.3, 0.4) is 0 Å². The van der Waals surface area contributed by atoms with Crippen LogP contribution in [-0.4, -0.2) is 19.3 Å². The predicted octanol–water partition coefficient (Wildman–Crippen LogP) is 8.62. The quantitative estimate of drug-likeness (QED) is 0.228. The molecule has 8 aromatic rings. The SMILES string of the molecule is c1ccc2c(c1)c1ccccc1n2-c1ccc2sc3ccc(-c4onc5c4-c4nccn4CCC5)cc3c2c1. The number of hydrogen-bond acceptors (Lipinski definition) is 4. The van der Waals surface area contributed by atoms with Crippen LogP contribution < -0.4 is 0 Å². The van der Waals surface area contributed by atoms with Crippen molar-refractivity contribution >= 4 is 53.3 Å². The molecule has 5 nitrogen and oxygen atoms in total. The average molecular weight is 523 g/mol. The number of fused-ring (bicyclic) bond motifs is 9. The molecule has 0 aliphatic carbocycles. The Labute approximate surface area is 227 Å². The number of para-hydroxylation sites is 2. The number of thiophene rings is 1. The minimum atomic E-state index is 0.805. The van der Waals surface area contributed by atoms with Gasteiger partial charge in [0.1, 0.15) is 5.82 Å². The fourth-order valence-corrected chi connectivity index (χ4v) is 7.37. The van der Waals surface area contributed by atoms with Gasteiger partial charge in [0.25, 0.3) is 0 Å². The lowest BCUT2D eigenvalue weighted by atomic mass is 10.0. The molecule has 0 N–H and O–H groups in total. The monoisotopic (exact) mass is 522 g/mol. The zero-order valence-corrected chi connectivity index (χ0v) is 21.8. The summed E-state index contributed by atoms with van der Waals surface area (Å²) in [6, 6.07) is 30.8. The van der Waals surface area contributed by atoms with Crippen LogP contribution in [0.2, 0.25) is 0 Å². The molecule has 6 heteroatoms. The second-order valence-electron chi connectivity index (χ2n) is 10.2. The molecule has 39 heavy (non-hydrogen) atoms. The van der Waals surface area contributed by atoms with Gasteiger partial charge in [-0.05, 0) is 61.4 Å². The maximum absolute atomic E-state index is 6.00. The van der Waals surface area contributed by atoms with E-state index in [1.165, 1.54) is 47.7 Å². The summed E-state index contributed by atoms with van der Waals surface area (Å²) in [5.41, 5.74) is 6.67. The summed E-state index contributed by atoms with van der Waals surface area (Å²) in [6.07, 6.45) is 5.84. The van der Waals surface area contributed by atoms with E-state index >= 15 is 0 Å². The Morgan fingerprint density at radius 2 is 1.51 bits per heavy atom.